The second-order valence-electron chi connectivity index (χ2n) is 6.16. The van der Waals surface area contributed by atoms with Crippen LogP contribution >= 0.6 is 11.8 Å². The largest absolute Gasteiger partial charge is 0.457 e. The summed E-state index contributed by atoms with van der Waals surface area (Å²) >= 11 is 1.05. The van der Waals surface area contributed by atoms with Gasteiger partial charge >= 0.3 is 6.18 Å². The molecule has 30 heavy (non-hydrogen) atoms. The molecular weight excluding hydrogens is 422 g/mol. The Bertz CT molecular complexity index is 1190. The van der Waals surface area contributed by atoms with Gasteiger partial charge in [0.1, 0.15) is 34.0 Å². The number of nitrogens with two attached hydrogens (primary N) is 1. The molecule has 0 spiro atoms. The van der Waals surface area contributed by atoms with Crippen molar-refractivity contribution in [2.24, 2.45) is 0 Å². The molecule has 0 atom stereocenters. The lowest BCUT2D eigenvalue weighted by Crippen LogP contribution is -2.12. The Labute approximate surface area is 171 Å². The van der Waals surface area contributed by atoms with Crippen LogP contribution in [0.1, 0.15) is 11.6 Å². The van der Waals surface area contributed by atoms with Crippen LogP contribution in [0.4, 0.5) is 23.4 Å². The first-order valence-electron chi connectivity index (χ1n) is 8.53. The summed E-state index contributed by atoms with van der Waals surface area (Å²) in [6.07, 6.45) is -4.68. The van der Waals surface area contributed by atoms with Crippen molar-refractivity contribution in [1.82, 2.24) is 19.9 Å². The normalized spacial score (nSPS) is 11.7. The molecule has 2 aromatic carbocycles. The van der Waals surface area contributed by atoms with E-state index in [1.807, 2.05) is 0 Å². The number of ether oxygens (including phenoxy) is 1. The van der Waals surface area contributed by atoms with Crippen LogP contribution in [-0.4, -0.2) is 19.9 Å². The summed E-state index contributed by atoms with van der Waals surface area (Å²) in [6, 6.07) is 12.1. The standard InChI is InChI=1S/C19H13F4N5OS/c20-10-1-3-11(4-2-10)29-12-5-6-13-14(7-12)26-16(25-13)9-30-17-8-15(24)27-18(28-17)19(21,22)23/h1-8H,9H2,(H,25,26)(H2,24,27,28). The highest BCUT2D eigenvalue weighted by Gasteiger charge is 2.35. The Hall–Kier alpha value is -3.34. The number of anilines is 1. The van der Waals surface area contributed by atoms with Gasteiger partial charge in [0.25, 0.3) is 0 Å². The summed E-state index contributed by atoms with van der Waals surface area (Å²) in [6.45, 7) is 0. The van der Waals surface area contributed by atoms with E-state index in [2.05, 4.69) is 19.9 Å². The molecule has 0 unspecified atom stereocenters. The van der Waals surface area contributed by atoms with Crippen molar-refractivity contribution in [2.75, 3.05) is 5.73 Å². The molecule has 3 N–H and O–H groups in total. The molecular formula is C19H13F4N5OS. The average molecular weight is 435 g/mol. The number of halogens is 4. The van der Waals surface area contributed by atoms with E-state index in [0.717, 1.165) is 17.3 Å². The number of fused-ring (bicyclic) bond motifs is 1. The number of nitrogens with one attached hydrogen (secondary N) is 1. The zero-order chi connectivity index (χ0) is 21.3. The monoisotopic (exact) mass is 435 g/mol. The Morgan fingerprint density at radius 3 is 2.43 bits per heavy atom. The number of hydrogen-bond donors (Lipinski definition) is 2. The van der Waals surface area contributed by atoms with Gasteiger partial charge in [-0.05, 0) is 36.4 Å². The van der Waals surface area contributed by atoms with E-state index in [-0.39, 0.29) is 22.4 Å². The van der Waals surface area contributed by atoms with Crippen molar-refractivity contribution in [3.63, 3.8) is 0 Å². The lowest BCUT2D eigenvalue weighted by atomic mass is 10.3. The third kappa shape index (κ3) is 4.62. The van der Waals surface area contributed by atoms with E-state index in [4.69, 9.17) is 10.5 Å². The Kier molecular flexibility index (Phi) is 5.20. The van der Waals surface area contributed by atoms with Gasteiger partial charge in [-0.1, -0.05) is 11.8 Å². The fourth-order valence-corrected chi connectivity index (χ4v) is 3.37. The summed E-state index contributed by atoms with van der Waals surface area (Å²) in [7, 11) is 0. The molecule has 4 rings (SSSR count). The van der Waals surface area contributed by atoms with Crippen LogP contribution in [0.15, 0.2) is 53.6 Å². The number of imidazole rings is 1. The summed E-state index contributed by atoms with van der Waals surface area (Å²) in [4.78, 5) is 14.2. The molecule has 2 aromatic heterocycles. The van der Waals surface area contributed by atoms with Crippen molar-refractivity contribution in [2.45, 2.75) is 17.0 Å². The van der Waals surface area contributed by atoms with Gasteiger partial charge in [-0.2, -0.15) is 13.2 Å². The Morgan fingerprint density at radius 2 is 1.70 bits per heavy atom. The summed E-state index contributed by atoms with van der Waals surface area (Å²) in [5, 5.41) is 0.0932. The van der Waals surface area contributed by atoms with E-state index in [1.54, 1.807) is 18.2 Å². The Morgan fingerprint density at radius 1 is 0.967 bits per heavy atom. The van der Waals surface area contributed by atoms with Crippen molar-refractivity contribution in [1.29, 1.82) is 0 Å². The molecule has 0 aliphatic carbocycles. The first-order chi connectivity index (χ1) is 14.3. The number of rotatable bonds is 5. The summed E-state index contributed by atoms with van der Waals surface area (Å²) in [5.41, 5.74) is 6.80. The minimum Gasteiger partial charge on any atom is -0.457 e. The molecule has 154 valence electrons. The van der Waals surface area contributed by atoms with Gasteiger partial charge in [0, 0.05) is 12.1 Å². The highest BCUT2D eigenvalue weighted by molar-refractivity contribution is 7.98. The molecule has 0 amide bonds. The molecule has 0 radical (unpaired) electrons. The fourth-order valence-electron chi connectivity index (χ4n) is 2.59. The maximum atomic E-state index is 13.0. The van der Waals surface area contributed by atoms with Gasteiger partial charge in [0.2, 0.25) is 5.82 Å². The molecule has 0 fully saturated rings. The number of benzene rings is 2. The lowest BCUT2D eigenvalue weighted by Gasteiger charge is -2.07. The van der Waals surface area contributed by atoms with E-state index in [9.17, 15) is 17.6 Å². The van der Waals surface area contributed by atoms with Crippen LogP contribution in [0.25, 0.3) is 11.0 Å². The number of H-pyrrole nitrogens is 1. The zero-order valence-electron chi connectivity index (χ0n) is 15.1. The third-order valence-electron chi connectivity index (χ3n) is 3.89. The zero-order valence-corrected chi connectivity index (χ0v) is 15.9. The SMILES string of the molecule is Nc1cc(SCc2nc3cc(Oc4ccc(F)cc4)ccc3[nH]2)nc(C(F)(F)F)n1. The second-order valence-corrected chi connectivity index (χ2v) is 7.16. The van der Waals surface area contributed by atoms with Crippen molar-refractivity contribution >= 4 is 28.6 Å². The molecule has 2 heterocycles. The van der Waals surface area contributed by atoms with Crippen LogP contribution in [-0.2, 0) is 11.9 Å². The smallest absolute Gasteiger partial charge is 0.451 e. The molecule has 0 aliphatic heterocycles. The second kappa shape index (κ2) is 7.82. The van der Waals surface area contributed by atoms with Gasteiger partial charge < -0.3 is 15.5 Å². The number of aromatic nitrogens is 4. The molecule has 6 nitrogen and oxygen atoms in total. The fraction of sp³-hybridized carbons (Fsp3) is 0.105. The highest BCUT2D eigenvalue weighted by atomic mass is 32.2. The first kappa shape index (κ1) is 20.0. The van der Waals surface area contributed by atoms with E-state index in [1.165, 1.54) is 30.3 Å². The first-order valence-corrected chi connectivity index (χ1v) is 9.51. The number of nitrogens with zero attached hydrogens (tertiary/aromatic N) is 3. The van der Waals surface area contributed by atoms with Crippen LogP contribution in [0.5, 0.6) is 11.5 Å². The quantitative estimate of drug-likeness (QED) is 0.255. The number of aromatic amines is 1. The minimum atomic E-state index is -4.68. The highest BCUT2D eigenvalue weighted by Crippen LogP contribution is 2.30. The van der Waals surface area contributed by atoms with Gasteiger partial charge in [0.15, 0.2) is 0 Å². The van der Waals surface area contributed by atoms with Gasteiger partial charge in [-0.25, -0.2) is 19.3 Å². The molecule has 4 aromatic rings. The van der Waals surface area contributed by atoms with Crippen molar-refractivity contribution < 1.29 is 22.3 Å². The molecule has 11 heteroatoms. The third-order valence-corrected chi connectivity index (χ3v) is 4.81. The van der Waals surface area contributed by atoms with Crippen LogP contribution in [0.2, 0.25) is 0 Å². The number of alkyl halides is 3. The van der Waals surface area contributed by atoms with Crippen LogP contribution < -0.4 is 10.5 Å². The van der Waals surface area contributed by atoms with E-state index in [0.29, 0.717) is 22.8 Å². The van der Waals surface area contributed by atoms with Crippen molar-refractivity contribution in [3.05, 3.63) is 66.0 Å². The summed E-state index contributed by atoms with van der Waals surface area (Å²) < 4.78 is 57.1. The lowest BCUT2D eigenvalue weighted by molar-refractivity contribution is -0.145. The van der Waals surface area contributed by atoms with E-state index < -0.39 is 12.0 Å². The number of hydrogen-bond acceptors (Lipinski definition) is 6. The van der Waals surface area contributed by atoms with Crippen LogP contribution in [0.3, 0.4) is 0 Å². The molecule has 0 aliphatic rings. The maximum absolute atomic E-state index is 13.0. The minimum absolute atomic E-state index is 0.0932. The molecule has 0 saturated carbocycles. The predicted molar refractivity (Wildman–Crippen MR) is 104 cm³/mol. The van der Waals surface area contributed by atoms with Crippen LogP contribution in [0, 0.1) is 5.82 Å². The molecule has 0 bridgehead atoms. The maximum Gasteiger partial charge on any atom is 0.451 e. The van der Waals surface area contributed by atoms with Gasteiger partial charge in [-0.15, -0.1) is 0 Å². The van der Waals surface area contributed by atoms with Crippen molar-refractivity contribution in [3.8, 4) is 11.5 Å². The van der Waals surface area contributed by atoms with Gasteiger partial charge in [-0.3, -0.25) is 0 Å². The number of nitrogen functional groups attached to an aromatic ring is 1. The summed E-state index contributed by atoms with van der Waals surface area (Å²) in [5.74, 6) is -0.123. The predicted octanol–water partition coefficient (Wildman–Crippen LogP) is 5.18. The van der Waals surface area contributed by atoms with Gasteiger partial charge in [0.05, 0.1) is 16.8 Å². The topological polar surface area (TPSA) is 89.7 Å². The molecule has 0 saturated heterocycles. The Balaban J connectivity index is 1.49. The van der Waals surface area contributed by atoms with E-state index >= 15 is 0 Å². The average Bonchev–Trinajstić information content (AvgIpc) is 3.09. The number of thioether (sulfide) groups is 1.